The third kappa shape index (κ3) is 41.2. The van der Waals surface area contributed by atoms with E-state index in [4.69, 9.17) is 20.7 Å². The molecule has 0 atom stereocenters. The van der Waals surface area contributed by atoms with Crippen LogP contribution in [0.25, 0.3) is 12.2 Å². The topological polar surface area (TPSA) is 122 Å². The van der Waals surface area contributed by atoms with E-state index in [0.717, 1.165) is 12.2 Å². The monoisotopic (exact) mass is 458 g/mol. The molecule has 0 heterocycles. The lowest BCUT2D eigenvalue weighted by atomic mass is 10.2. The van der Waals surface area contributed by atoms with Gasteiger partial charge in [0.15, 0.2) is 0 Å². The molecule has 0 aliphatic carbocycles. The Hall–Kier alpha value is -5.20. The summed E-state index contributed by atoms with van der Waals surface area (Å²) in [6.07, 6.45) is 7.69. The van der Waals surface area contributed by atoms with Crippen molar-refractivity contribution in [2.45, 2.75) is 0 Å². The summed E-state index contributed by atoms with van der Waals surface area (Å²) >= 11 is 0. The molecule has 0 amide bonds. The molecule has 0 aliphatic heterocycles. The number of carbonyl (C=O) groups is 2. The van der Waals surface area contributed by atoms with E-state index in [1.807, 2.05) is 72.8 Å². The van der Waals surface area contributed by atoms with Crippen molar-refractivity contribution in [3.8, 4) is 12.1 Å². The second kappa shape index (κ2) is 32.5. The first-order valence-corrected chi connectivity index (χ1v) is 9.31. The maximum absolute atomic E-state index is 9.25. The Labute approximate surface area is 202 Å². The van der Waals surface area contributed by atoms with Gasteiger partial charge in [-0.05, 0) is 11.1 Å². The fraction of sp³-hybridized carbons (Fsp3) is 0. The molecule has 0 saturated heterocycles. The van der Waals surface area contributed by atoms with Crippen molar-refractivity contribution in [1.29, 1.82) is 10.5 Å². The Morgan fingerprint density at radius 2 is 0.824 bits per heavy atom. The van der Waals surface area contributed by atoms with Crippen LogP contribution < -0.4 is 0 Å². The smallest absolute Gasteiger partial charge is 0.327 e. The lowest BCUT2D eigenvalue weighted by Gasteiger charge is -1.85. The quantitative estimate of drug-likeness (QED) is 0.395. The first-order valence-electron chi connectivity index (χ1n) is 9.31. The van der Waals surface area contributed by atoms with Gasteiger partial charge in [0.1, 0.15) is 0 Å². The van der Waals surface area contributed by atoms with E-state index in [-0.39, 0.29) is 0 Å². The highest BCUT2D eigenvalue weighted by molar-refractivity contribution is 5.79. The lowest BCUT2D eigenvalue weighted by Crippen LogP contribution is -1.82. The van der Waals surface area contributed by atoms with Crippen molar-refractivity contribution in [1.82, 2.24) is 0 Å². The van der Waals surface area contributed by atoms with Crippen LogP contribution in [0.4, 0.5) is 0 Å². The third-order valence-corrected chi connectivity index (χ3v) is 2.60. The number of carboxylic acid groups (broad SMARTS) is 2. The molecule has 2 aromatic carbocycles. The van der Waals surface area contributed by atoms with Crippen LogP contribution in [0.15, 0.2) is 124 Å². The van der Waals surface area contributed by atoms with Crippen LogP contribution in [0, 0.1) is 22.7 Å². The highest BCUT2D eigenvalue weighted by Crippen LogP contribution is 1.98. The number of allylic oxidation sites excluding steroid dienone is 2. The number of aliphatic carboxylic acids is 2. The van der Waals surface area contributed by atoms with E-state index >= 15 is 0 Å². The Bertz CT molecular complexity index is 856. The molecule has 6 nitrogen and oxygen atoms in total. The first kappa shape index (κ1) is 36.2. The van der Waals surface area contributed by atoms with Crippen LogP contribution in [0.3, 0.4) is 0 Å². The summed E-state index contributed by atoms with van der Waals surface area (Å²) in [5, 5.41) is 30.2. The summed E-state index contributed by atoms with van der Waals surface area (Å²) < 4.78 is 0. The lowest BCUT2D eigenvalue weighted by molar-refractivity contribution is -0.132. The second-order valence-corrected chi connectivity index (χ2v) is 4.98. The number of hydrogen-bond acceptors (Lipinski definition) is 4. The van der Waals surface area contributed by atoms with Crippen molar-refractivity contribution in [3.63, 3.8) is 0 Å². The number of hydrogen-bond donors (Lipinski definition) is 2. The minimum absolute atomic E-state index is 0.833. The Kier molecular flexibility index (Phi) is 34.6. The molecule has 0 bridgehead atoms. The highest BCUT2D eigenvalue weighted by atomic mass is 16.4. The zero-order valence-electron chi connectivity index (χ0n) is 19.1. The zero-order valence-corrected chi connectivity index (χ0v) is 19.1. The van der Waals surface area contributed by atoms with Crippen molar-refractivity contribution in [2.75, 3.05) is 0 Å². The molecule has 2 aromatic rings. The molecular weight excluding hydrogens is 428 g/mol. The van der Waals surface area contributed by atoms with Gasteiger partial charge in [0, 0.05) is 24.3 Å². The molecule has 6 heteroatoms. The largest absolute Gasteiger partial charge is 0.478 e. The third-order valence-electron chi connectivity index (χ3n) is 2.60. The molecule has 2 rings (SSSR count). The first-order chi connectivity index (χ1) is 16.2. The maximum Gasteiger partial charge on any atom is 0.327 e. The SMILES string of the molecule is C=CC#N.C=CC#N.C=CC(=O)O.C=CC(=O)O.C=Cc1ccccc1.C=Cc1ccccc1. The van der Waals surface area contributed by atoms with Crippen LogP contribution in [0.2, 0.25) is 0 Å². The van der Waals surface area contributed by atoms with Crippen molar-refractivity contribution in [3.05, 3.63) is 136 Å². The molecule has 0 fully saturated rings. The molecule has 0 radical (unpaired) electrons. The van der Waals surface area contributed by atoms with E-state index in [9.17, 15) is 9.59 Å². The van der Waals surface area contributed by atoms with Gasteiger partial charge in [-0.3, -0.25) is 0 Å². The fourth-order valence-corrected chi connectivity index (χ4v) is 1.18. The fourth-order valence-electron chi connectivity index (χ4n) is 1.18. The van der Waals surface area contributed by atoms with E-state index in [1.54, 1.807) is 12.1 Å². The Morgan fingerprint density at radius 3 is 0.912 bits per heavy atom. The number of benzene rings is 2. The van der Waals surface area contributed by atoms with Gasteiger partial charge in [0.2, 0.25) is 0 Å². The predicted octanol–water partition coefficient (Wildman–Crippen LogP) is 6.57. The van der Waals surface area contributed by atoms with E-state index < -0.39 is 11.9 Å². The van der Waals surface area contributed by atoms with Gasteiger partial charge in [0.05, 0.1) is 12.1 Å². The van der Waals surface area contributed by atoms with Crippen LogP contribution in [0.5, 0.6) is 0 Å². The molecule has 2 N–H and O–H groups in total. The van der Waals surface area contributed by atoms with Gasteiger partial charge >= 0.3 is 11.9 Å². The zero-order chi connectivity index (χ0) is 27.0. The van der Waals surface area contributed by atoms with Gasteiger partial charge in [-0.25, -0.2) is 9.59 Å². The predicted molar refractivity (Wildman–Crippen MR) is 140 cm³/mol. The van der Waals surface area contributed by atoms with Gasteiger partial charge < -0.3 is 10.2 Å². The van der Waals surface area contributed by atoms with Gasteiger partial charge in [-0.15, -0.1) is 0 Å². The van der Waals surface area contributed by atoms with E-state index in [2.05, 4.69) is 39.5 Å². The molecule has 0 saturated carbocycles. The maximum atomic E-state index is 9.25. The number of rotatable bonds is 4. The standard InChI is InChI=1S/2C8H8.2C3H3N.2C3H4O2/c2*1-2-8-6-4-3-5-7-8;2*1-2-3-4;2*1-2-3(4)5/h2*2-7H,1H2;2*2H,1H2;2*2H,1H2,(H,4,5). The summed E-state index contributed by atoms with van der Waals surface area (Å²) in [4.78, 5) is 18.5. The van der Waals surface area contributed by atoms with Gasteiger partial charge in [-0.1, -0.05) is 112 Å². The van der Waals surface area contributed by atoms with Crippen LogP contribution in [-0.4, -0.2) is 22.2 Å². The summed E-state index contributed by atoms with van der Waals surface area (Å²) in [7, 11) is 0. The van der Waals surface area contributed by atoms with Crippen molar-refractivity contribution >= 4 is 24.1 Å². The minimum Gasteiger partial charge on any atom is -0.478 e. The molecule has 0 unspecified atom stereocenters. The normalized spacial score (nSPS) is 6.76. The summed E-state index contributed by atoms with van der Waals surface area (Å²) in [6, 6.07) is 23.4. The molecule has 34 heavy (non-hydrogen) atoms. The summed E-state index contributed by atoms with van der Waals surface area (Å²) in [5.41, 5.74) is 2.35. The molecular formula is C28H30N2O4. The second-order valence-electron chi connectivity index (χ2n) is 4.98. The molecule has 176 valence electrons. The molecule has 0 aliphatic rings. The van der Waals surface area contributed by atoms with E-state index in [1.165, 1.54) is 23.3 Å². The highest BCUT2D eigenvalue weighted by Gasteiger charge is 1.76. The van der Waals surface area contributed by atoms with Crippen LogP contribution in [-0.2, 0) is 9.59 Å². The van der Waals surface area contributed by atoms with E-state index in [0.29, 0.717) is 0 Å². The van der Waals surface area contributed by atoms with Crippen molar-refractivity contribution in [2.24, 2.45) is 0 Å². The van der Waals surface area contributed by atoms with Crippen molar-refractivity contribution < 1.29 is 19.8 Å². The number of nitriles is 2. The Balaban J connectivity index is -0.000000164. The van der Waals surface area contributed by atoms with Crippen LogP contribution in [0.1, 0.15) is 11.1 Å². The average Bonchev–Trinajstić information content (AvgIpc) is 2.90. The minimum atomic E-state index is -0.981. The summed E-state index contributed by atoms with van der Waals surface area (Å²) in [6.45, 7) is 19.4. The van der Waals surface area contributed by atoms with Crippen LogP contribution >= 0.6 is 0 Å². The number of carboxylic acids is 2. The molecule has 0 aromatic heterocycles. The van der Waals surface area contributed by atoms with Gasteiger partial charge in [-0.2, -0.15) is 10.5 Å². The average molecular weight is 459 g/mol. The summed E-state index contributed by atoms with van der Waals surface area (Å²) in [5.74, 6) is -1.96. The van der Waals surface area contributed by atoms with Gasteiger partial charge in [0.25, 0.3) is 0 Å². The Morgan fingerprint density at radius 1 is 0.618 bits per heavy atom. The number of nitrogens with zero attached hydrogens (tertiary/aromatic N) is 2. The molecule has 0 spiro atoms.